The minimum Gasteiger partial charge on any atom is -0.495 e. The van der Waals surface area contributed by atoms with Crippen LogP contribution in [0.1, 0.15) is 18.9 Å². The van der Waals surface area contributed by atoms with Crippen LogP contribution in [0.3, 0.4) is 0 Å². The van der Waals surface area contributed by atoms with Gasteiger partial charge in [-0.2, -0.15) is 0 Å². The number of anilines is 2. The van der Waals surface area contributed by atoms with Crippen LogP contribution < -0.4 is 14.4 Å². The van der Waals surface area contributed by atoms with Crippen molar-refractivity contribution in [2.24, 2.45) is 0 Å². The minimum atomic E-state index is -3.77. The number of amides is 1. The fourth-order valence-electron chi connectivity index (χ4n) is 2.75. The van der Waals surface area contributed by atoms with Crippen molar-refractivity contribution in [1.82, 2.24) is 0 Å². The first kappa shape index (κ1) is 22.3. The minimum absolute atomic E-state index is 0.245. The number of carbonyl (C=O) groups excluding carboxylic acids is 1. The topological polar surface area (TPSA) is 75.7 Å². The van der Waals surface area contributed by atoms with E-state index < -0.39 is 22.0 Å². The molecule has 2 rings (SSSR count). The van der Waals surface area contributed by atoms with Crippen molar-refractivity contribution in [2.45, 2.75) is 26.3 Å². The van der Waals surface area contributed by atoms with Crippen LogP contribution in [0, 0.1) is 6.92 Å². The zero-order chi connectivity index (χ0) is 21.1. The summed E-state index contributed by atoms with van der Waals surface area (Å²) in [6, 6.07) is 8.69. The standard InChI is InChI=1S/C19H22Cl2N2O4S/c1-5-17(19(24)22-13-7-6-12(2)15(20)10-13)23(28(4,25)26)14-8-9-18(27-3)16(21)11-14/h6-11,17H,5H2,1-4H3,(H,22,24)/t17-/m1/s1. The molecule has 0 aliphatic carbocycles. The average Bonchev–Trinajstić information content (AvgIpc) is 2.61. The van der Waals surface area contributed by atoms with Gasteiger partial charge in [0.25, 0.3) is 0 Å². The number of benzene rings is 2. The number of hydrogen-bond donors (Lipinski definition) is 1. The van der Waals surface area contributed by atoms with Crippen LogP contribution in [-0.2, 0) is 14.8 Å². The van der Waals surface area contributed by atoms with Gasteiger partial charge in [-0.3, -0.25) is 9.10 Å². The van der Waals surface area contributed by atoms with Gasteiger partial charge in [0.1, 0.15) is 11.8 Å². The summed E-state index contributed by atoms with van der Waals surface area (Å²) in [5, 5.41) is 3.49. The van der Waals surface area contributed by atoms with Crippen LogP contribution in [0.15, 0.2) is 36.4 Å². The van der Waals surface area contributed by atoms with E-state index in [0.29, 0.717) is 16.5 Å². The number of sulfonamides is 1. The number of carbonyl (C=O) groups is 1. The van der Waals surface area contributed by atoms with E-state index in [1.165, 1.54) is 13.2 Å². The molecule has 1 atom stereocenters. The Hall–Kier alpha value is -1.96. The van der Waals surface area contributed by atoms with Crippen molar-refractivity contribution >= 4 is 50.5 Å². The van der Waals surface area contributed by atoms with Gasteiger partial charge in [-0.1, -0.05) is 36.2 Å². The Kier molecular flexibility index (Phi) is 7.20. The van der Waals surface area contributed by atoms with E-state index in [1.54, 1.807) is 37.3 Å². The second kappa shape index (κ2) is 9.03. The SMILES string of the molecule is CC[C@H](C(=O)Nc1ccc(C)c(Cl)c1)N(c1ccc(OC)c(Cl)c1)S(C)(=O)=O. The predicted molar refractivity (Wildman–Crippen MR) is 114 cm³/mol. The molecular weight excluding hydrogens is 423 g/mol. The monoisotopic (exact) mass is 444 g/mol. The Morgan fingerprint density at radius 2 is 1.86 bits per heavy atom. The van der Waals surface area contributed by atoms with E-state index in [4.69, 9.17) is 27.9 Å². The third kappa shape index (κ3) is 5.10. The number of halogens is 2. The highest BCUT2D eigenvalue weighted by Gasteiger charge is 2.32. The van der Waals surface area contributed by atoms with Crippen LogP contribution >= 0.6 is 23.2 Å². The lowest BCUT2D eigenvalue weighted by Crippen LogP contribution is -2.47. The summed E-state index contributed by atoms with van der Waals surface area (Å²) in [5.41, 5.74) is 1.63. The fourth-order valence-corrected chi connectivity index (χ4v) is 4.38. The number of methoxy groups -OCH3 is 1. The number of aryl methyl sites for hydroxylation is 1. The molecule has 0 aliphatic heterocycles. The summed E-state index contributed by atoms with van der Waals surface area (Å²) >= 11 is 12.3. The molecule has 0 aromatic heterocycles. The van der Waals surface area contributed by atoms with Crippen molar-refractivity contribution in [3.63, 3.8) is 0 Å². The molecule has 28 heavy (non-hydrogen) atoms. The van der Waals surface area contributed by atoms with Gasteiger partial charge in [0, 0.05) is 10.7 Å². The smallest absolute Gasteiger partial charge is 0.248 e. The predicted octanol–water partition coefficient (Wildman–Crippen LogP) is 4.49. The largest absolute Gasteiger partial charge is 0.495 e. The lowest BCUT2D eigenvalue weighted by molar-refractivity contribution is -0.117. The fraction of sp³-hybridized carbons (Fsp3) is 0.316. The summed E-state index contributed by atoms with van der Waals surface area (Å²) in [5.74, 6) is -0.0644. The van der Waals surface area contributed by atoms with Gasteiger partial charge >= 0.3 is 0 Å². The summed E-state index contributed by atoms with van der Waals surface area (Å²) in [6.45, 7) is 3.58. The lowest BCUT2D eigenvalue weighted by Gasteiger charge is -2.30. The average molecular weight is 445 g/mol. The number of nitrogens with zero attached hydrogens (tertiary/aromatic N) is 1. The second-order valence-electron chi connectivity index (χ2n) is 6.25. The molecule has 0 bridgehead atoms. The quantitative estimate of drug-likeness (QED) is 0.681. The molecule has 0 spiro atoms. The molecule has 1 N–H and O–H groups in total. The van der Waals surface area contributed by atoms with Crippen molar-refractivity contribution in [3.8, 4) is 5.75 Å². The van der Waals surface area contributed by atoms with Crippen LogP contribution in [0.4, 0.5) is 11.4 Å². The zero-order valence-corrected chi connectivity index (χ0v) is 18.3. The van der Waals surface area contributed by atoms with Crippen LogP contribution in [-0.4, -0.2) is 33.7 Å². The van der Waals surface area contributed by atoms with E-state index in [0.717, 1.165) is 16.1 Å². The molecule has 2 aromatic carbocycles. The first-order chi connectivity index (χ1) is 13.1. The van der Waals surface area contributed by atoms with Crippen LogP contribution in [0.5, 0.6) is 5.75 Å². The van der Waals surface area contributed by atoms with E-state index in [-0.39, 0.29) is 17.1 Å². The van der Waals surface area contributed by atoms with Crippen molar-refractivity contribution in [2.75, 3.05) is 23.0 Å². The lowest BCUT2D eigenvalue weighted by atomic mass is 10.1. The van der Waals surface area contributed by atoms with Crippen molar-refractivity contribution in [3.05, 3.63) is 52.0 Å². The maximum Gasteiger partial charge on any atom is 0.248 e. The summed E-state index contributed by atoms with van der Waals surface area (Å²) in [7, 11) is -2.31. The third-order valence-corrected chi connectivity index (χ3v) is 6.04. The molecule has 0 aliphatic rings. The second-order valence-corrected chi connectivity index (χ2v) is 8.93. The maximum atomic E-state index is 12.9. The van der Waals surface area contributed by atoms with Gasteiger partial charge in [-0.25, -0.2) is 8.42 Å². The van der Waals surface area contributed by atoms with Gasteiger partial charge in [0.2, 0.25) is 15.9 Å². The van der Waals surface area contributed by atoms with Crippen molar-refractivity contribution < 1.29 is 17.9 Å². The van der Waals surface area contributed by atoms with E-state index in [2.05, 4.69) is 5.32 Å². The molecular formula is C19H22Cl2N2O4S. The molecule has 2 aromatic rings. The molecule has 0 unspecified atom stereocenters. The van der Waals surface area contributed by atoms with E-state index >= 15 is 0 Å². The van der Waals surface area contributed by atoms with Gasteiger partial charge in [0.15, 0.2) is 0 Å². The number of nitrogens with one attached hydrogen (secondary N) is 1. The van der Waals surface area contributed by atoms with Gasteiger partial charge in [-0.15, -0.1) is 0 Å². The molecule has 0 radical (unpaired) electrons. The van der Waals surface area contributed by atoms with Gasteiger partial charge < -0.3 is 10.1 Å². The summed E-state index contributed by atoms with van der Waals surface area (Å²) < 4.78 is 31.2. The third-order valence-electron chi connectivity index (χ3n) is 4.16. The molecule has 0 saturated heterocycles. The molecule has 6 nitrogen and oxygen atoms in total. The molecule has 9 heteroatoms. The highest BCUT2D eigenvalue weighted by atomic mass is 35.5. The molecule has 0 fully saturated rings. The van der Waals surface area contributed by atoms with Crippen LogP contribution in [0.25, 0.3) is 0 Å². The van der Waals surface area contributed by atoms with E-state index in [9.17, 15) is 13.2 Å². The highest BCUT2D eigenvalue weighted by Crippen LogP contribution is 2.32. The Morgan fingerprint density at radius 3 is 2.36 bits per heavy atom. The summed E-state index contributed by atoms with van der Waals surface area (Å²) in [6.07, 6.45) is 1.30. The first-order valence-electron chi connectivity index (χ1n) is 8.48. The summed E-state index contributed by atoms with van der Waals surface area (Å²) in [4.78, 5) is 12.9. The molecule has 1 amide bonds. The first-order valence-corrected chi connectivity index (χ1v) is 11.1. The Balaban J connectivity index is 2.41. The van der Waals surface area contributed by atoms with Gasteiger partial charge in [0.05, 0.1) is 24.1 Å². The molecule has 0 saturated carbocycles. The van der Waals surface area contributed by atoms with Crippen molar-refractivity contribution in [1.29, 1.82) is 0 Å². The Morgan fingerprint density at radius 1 is 1.18 bits per heavy atom. The normalized spacial score (nSPS) is 12.4. The Labute approximate surface area is 175 Å². The molecule has 0 heterocycles. The number of rotatable bonds is 7. The van der Waals surface area contributed by atoms with E-state index in [1.807, 2.05) is 6.92 Å². The molecule has 152 valence electrons. The van der Waals surface area contributed by atoms with Crippen LogP contribution in [0.2, 0.25) is 10.0 Å². The Bertz CT molecular complexity index is 980. The van der Waals surface area contributed by atoms with Gasteiger partial charge in [-0.05, 0) is 49.2 Å². The zero-order valence-electron chi connectivity index (χ0n) is 16.0. The maximum absolute atomic E-state index is 12.9. The number of ether oxygens (including phenoxy) is 1. The number of hydrogen-bond acceptors (Lipinski definition) is 4. The highest BCUT2D eigenvalue weighted by molar-refractivity contribution is 7.92.